The Bertz CT molecular complexity index is 718. The Morgan fingerprint density at radius 1 is 1.17 bits per heavy atom. The molecule has 0 aliphatic carbocycles. The molecule has 1 saturated heterocycles. The molecule has 1 aliphatic heterocycles. The summed E-state index contributed by atoms with van der Waals surface area (Å²) in [6.45, 7) is 5.53. The average molecular weight is 397 g/mol. The molecule has 2 aromatic rings. The Labute approximate surface area is 173 Å². The Morgan fingerprint density at radius 2 is 1.93 bits per heavy atom. The molecule has 2 amide bonds. The maximum Gasteiger partial charge on any atom is 0.317 e. The third-order valence-corrected chi connectivity index (χ3v) is 5.45. The summed E-state index contributed by atoms with van der Waals surface area (Å²) >= 11 is 0. The van der Waals surface area contributed by atoms with Crippen molar-refractivity contribution in [1.29, 1.82) is 0 Å². The SMILES string of the molecule is COCCN(Cc1cccnc1)C(=O)NCC1CCN(Cc2ccccc2)CC1. The quantitative estimate of drug-likeness (QED) is 0.707. The van der Waals surface area contributed by atoms with E-state index in [1.54, 1.807) is 24.4 Å². The van der Waals surface area contributed by atoms with Gasteiger partial charge in [0.05, 0.1) is 6.61 Å². The molecule has 0 spiro atoms. The minimum Gasteiger partial charge on any atom is -0.383 e. The number of likely N-dealkylation sites (tertiary alicyclic amines) is 1. The molecule has 6 heteroatoms. The molecule has 1 fully saturated rings. The summed E-state index contributed by atoms with van der Waals surface area (Å²) in [4.78, 5) is 21.2. The Balaban J connectivity index is 1.42. The van der Waals surface area contributed by atoms with Crippen molar-refractivity contribution in [2.24, 2.45) is 5.92 Å². The fourth-order valence-corrected chi connectivity index (χ4v) is 3.70. The Morgan fingerprint density at radius 3 is 2.62 bits per heavy atom. The zero-order valence-corrected chi connectivity index (χ0v) is 17.3. The van der Waals surface area contributed by atoms with E-state index in [1.165, 1.54) is 5.56 Å². The molecule has 0 unspecified atom stereocenters. The largest absolute Gasteiger partial charge is 0.383 e. The van der Waals surface area contributed by atoms with Crippen LogP contribution < -0.4 is 5.32 Å². The molecule has 0 atom stereocenters. The van der Waals surface area contributed by atoms with Gasteiger partial charge in [0.1, 0.15) is 0 Å². The number of methoxy groups -OCH3 is 1. The smallest absolute Gasteiger partial charge is 0.317 e. The molecular weight excluding hydrogens is 364 g/mol. The molecule has 156 valence electrons. The minimum atomic E-state index is -0.0300. The van der Waals surface area contributed by atoms with Crippen LogP contribution >= 0.6 is 0 Å². The Kier molecular flexibility index (Phi) is 8.46. The van der Waals surface area contributed by atoms with Crippen LogP contribution in [0.1, 0.15) is 24.0 Å². The minimum absolute atomic E-state index is 0.0300. The number of amides is 2. The van der Waals surface area contributed by atoms with Gasteiger partial charge in [-0.05, 0) is 49.0 Å². The van der Waals surface area contributed by atoms with Gasteiger partial charge < -0.3 is 15.0 Å². The van der Waals surface area contributed by atoms with E-state index in [1.807, 2.05) is 12.1 Å². The number of carbonyl (C=O) groups is 1. The van der Waals surface area contributed by atoms with E-state index in [0.717, 1.165) is 44.6 Å². The van der Waals surface area contributed by atoms with Gasteiger partial charge in [-0.25, -0.2) is 4.79 Å². The number of ether oxygens (including phenoxy) is 1. The van der Waals surface area contributed by atoms with Crippen molar-refractivity contribution >= 4 is 6.03 Å². The van der Waals surface area contributed by atoms with Crippen LogP contribution in [0.5, 0.6) is 0 Å². The van der Waals surface area contributed by atoms with Gasteiger partial charge in [0.25, 0.3) is 0 Å². The van der Waals surface area contributed by atoms with E-state index in [4.69, 9.17) is 4.74 Å². The van der Waals surface area contributed by atoms with Gasteiger partial charge in [-0.2, -0.15) is 0 Å². The number of nitrogens with one attached hydrogen (secondary N) is 1. The van der Waals surface area contributed by atoms with Gasteiger partial charge in [0.15, 0.2) is 0 Å². The summed E-state index contributed by atoms with van der Waals surface area (Å²) in [5.74, 6) is 0.536. The second-order valence-electron chi connectivity index (χ2n) is 7.67. The van der Waals surface area contributed by atoms with Crippen molar-refractivity contribution in [3.8, 4) is 0 Å². The number of urea groups is 1. The summed E-state index contributed by atoms with van der Waals surface area (Å²) in [5, 5.41) is 3.14. The zero-order valence-electron chi connectivity index (χ0n) is 17.3. The predicted octanol–water partition coefficient (Wildman–Crippen LogP) is 3.15. The van der Waals surface area contributed by atoms with Crippen LogP contribution in [0.2, 0.25) is 0 Å². The first-order valence-corrected chi connectivity index (χ1v) is 10.4. The van der Waals surface area contributed by atoms with Gasteiger partial charge in [-0.15, -0.1) is 0 Å². The standard InChI is InChI=1S/C23H32N4O2/c1-29-15-14-27(19-22-8-5-11-24-16-22)23(28)25-17-20-9-12-26(13-10-20)18-21-6-3-2-4-7-21/h2-8,11,16,20H,9-10,12-15,17-19H2,1H3,(H,25,28). The van der Waals surface area contributed by atoms with Crippen LogP contribution in [0.15, 0.2) is 54.9 Å². The highest BCUT2D eigenvalue weighted by molar-refractivity contribution is 5.74. The number of piperidine rings is 1. The topological polar surface area (TPSA) is 57.7 Å². The number of pyridine rings is 1. The monoisotopic (exact) mass is 396 g/mol. The first kappa shape index (κ1) is 21.3. The molecule has 29 heavy (non-hydrogen) atoms. The fourth-order valence-electron chi connectivity index (χ4n) is 3.70. The molecule has 0 saturated carbocycles. The van der Waals surface area contributed by atoms with E-state index in [-0.39, 0.29) is 6.03 Å². The molecule has 1 aliphatic rings. The number of carbonyl (C=O) groups excluding carboxylic acids is 1. The highest BCUT2D eigenvalue weighted by atomic mass is 16.5. The van der Waals surface area contributed by atoms with Crippen molar-refractivity contribution in [3.63, 3.8) is 0 Å². The zero-order chi connectivity index (χ0) is 20.3. The van der Waals surface area contributed by atoms with Crippen LogP contribution in [0, 0.1) is 5.92 Å². The molecule has 0 bridgehead atoms. The number of hydrogen-bond acceptors (Lipinski definition) is 4. The van der Waals surface area contributed by atoms with Crippen LogP contribution in [0.3, 0.4) is 0 Å². The molecular formula is C23H32N4O2. The molecule has 6 nitrogen and oxygen atoms in total. The van der Waals surface area contributed by atoms with Gasteiger partial charge >= 0.3 is 6.03 Å². The van der Waals surface area contributed by atoms with Crippen LogP contribution in [-0.2, 0) is 17.8 Å². The van der Waals surface area contributed by atoms with E-state index in [0.29, 0.717) is 25.6 Å². The third-order valence-electron chi connectivity index (χ3n) is 5.45. The van der Waals surface area contributed by atoms with E-state index < -0.39 is 0 Å². The molecule has 1 N–H and O–H groups in total. The summed E-state index contributed by atoms with van der Waals surface area (Å²) in [6.07, 6.45) is 5.78. The van der Waals surface area contributed by atoms with Crippen LogP contribution in [0.25, 0.3) is 0 Å². The van der Waals surface area contributed by atoms with E-state index in [9.17, 15) is 4.79 Å². The second kappa shape index (κ2) is 11.5. The van der Waals surface area contributed by atoms with Gasteiger partial charge in [-0.1, -0.05) is 36.4 Å². The summed E-state index contributed by atoms with van der Waals surface area (Å²) in [6, 6.07) is 14.5. The maximum atomic E-state index is 12.7. The first-order valence-electron chi connectivity index (χ1n) is 10.4. The number of aromatic nitrogens is 1. The normalized spacial score (nSPS) is 15.2. The second-order valence-corrected chi connectivity index (χ2v) is 7.67. The van der Waals surface area contributed by atoms with Crippen molar-refractivity contribution in [3.05, 3.63) is 66.0 Å². The molecule has 2 heterocycles. The predicted molar refractivity (Wildman–Crippen MR) is 114 cm³/mol. The summed E-state index contributed by atoms with van der Waals surface area (Å²) in [5.41, 5.74) is 2.39. The molecule has 3 rings (SSSR count). The number of nitrogens with zero attached hydrogens (tertiary/aromatic N) is 3. The highest BCUT2D eigenvalue weighted by Gasteiger charge is 2.21. The van der Waals surface area contributed by atoms with Gasteiger partial charge in [0, 0.05) is 45.7 Å². The molecule has 0 radical (unpaired) electrons. The lowest BCUT2D eigenvalue weighted by molar-refractivity contribution is 0.142. The van der Waals surface area contributed by atoms with Gasteiger partial charge in [-0.3, -0.25) is 9.88 Å². The van der Waals surface area contributed by atoms with Gasteiger partial charge in [0.2, 0.25) is 0 Å². The van der Waals surface area contributed by atoms with E-state index >= 15 is 0 Å². The fraction of sp³-hybridized carbons (Fsp3) is 0.478. The van der Waals surface area contributed by atoms with Crippen LogP contribution in [-0.4, -0.2) is 60.7 Å². The Hall–Kier alpha value is -2.44. The third kappa shape index (κ3) is 7.15. The number of hydrogen-bond donors (Lipinski definition) is 1. The van der Waals surface area contributed by atoms with Crippen molar-refractivity contribution < 1.29 is 9.53 Å². The van der Waals surface area contributed by atoms with Crippen LogP contribution in [0.4, 0.5) is 4.79 Å². The van der Waals surface area contributed by atoms with Crippen molar-refractivity contribution in [2.75, 3.05) is 39.9 Å². The summed E-state index contributed by atoms with van der Waals surface area (Å²) in [7, 11) is 1.66. The number of benzene rings is 1. The average Bonchev–Trinajstić information content (AvgIpc) is 2.77. The van der Waals surface area contributed by atoms with Crippen molar-refractivity contribution in [1.82, 2.24) is 20.1 Å². The van der Waals surface area contributed by atoms with E-state index in [2.05, 4.69) is 45.5 Å². The lowest BCUT2D eigenvalue weighted by Gasteiger charge is -2.32. The molecule has 1 aromatic carbocycles. The van der Waals surface area contributed by atoms with Crippen molar-refractivity contribution in [2.45, 2.75) is 25.9 Å². The molecule has 1 aromatic heterocycles. The lowest BCUT2D eigenvalue weighted by Crippen LogP contribution is -2.44. The summed E-state index contributed by atoms with van der Waals surface area (Å²) < 4.78 is 5.17. The highest BCUT2D eigenvalue weighted by Crippen LogP contribution is 2.18. The number of rotatable bonds is 9. The lowest BCUT2D eigenvalue weighted by atomic mass is 9.96. The maximum absolute atomic E-state index is 12.7. The first-order chi connectivity index (χ1) is 14.2.